The predicted octanol–water partition coefficient (Wildman–Crippen LogP) is 2.57. The molecule has 0 saturated carbocycles. The third-order valence-corrected chi connectivity index (χ3v) is 4.27. The summed E-state index contributed by atoms with van der Waals surface area (Å²) in [6.45, 7) is 0.829. The van der Waals surface area contributed by atoms with Crippen molar-refractivity contribution in [2.24, 2.45) is 16.6 Å². The van der Waals surface area contributed by atoms with E-state index in [4.69, 9.17) is 10.5 Å². The molecule has 0 radical (unpaired) electrons. The van der Waals surface area contributed by atoms with E-state index in [9.17, 15) is 0 Å². The number of benzene rings is 1. The zero-order chi connectivity index (χ0) is 13.5. The summed E-state index contributed by atoms with van der Waals surface area (Å²) in [4.78, 5) is 4.43. The number of nitrogens with zero attached hydrogens (tertiary/aromatic N) is 1. The summed E-state index contributed by atoms with van der Waals surface area (Å²) in [5.74, 6) is 4.53. The Labute approximate surface area is 118 Å². The maximum atomic E-state index is 5.90. The Hall–Kier alpha value is -1.36. The minimum absolute atomic E-state index is 0.489. The Morgan fingerprint density at radius 1 is 1.37 bits per heavy atom. The number of guanidine groups is 1. The first-order valence-corrected chi connectivity index (χ1v) is 7.72. The van der Waals surface area contributed by atoms with Gasteiger partial charge in [-0.2, -0.15) is 11.8 Å². The van der Waals surface area contributed by atoms with E-state index in [1.807, 2.05) is 36.0 Å². The topological polar surface area (TPSA) is 59.6 Å². The smallest absolute Gasteiger partial charge is 0.193 e. The van der Waals surface area contributed by atoms with Crippen molar-refractivity contribution in [1.29, 1.82) is 0 Å². The van der Waals surface area contributed by atoms with Crippen molar-refractivity contribution in [3.8, 4) is 5.75 Å². The van der Waals surface area contributed by atoms with Crippen LogP contribution < -0.4 is 15.8 Å². The zero-order valence-electron chi connectivity index (χ0n) is 11.3. The van der Waals surface area contributed by atoms with E-state index < -0.39 is 0 Å². The molecule has 104 valence electrons. The molecule has 0 amide bonds. The van der Waals surface area contributed by atoms with Crippen LogP contribution in [0.1, 0.15) is 12.8 Å². The van der Waals surface area contributed by atoms with Gasteiger partial charge < -0.3 is 15.8 Å². The Bertz CT molecular complexity index is 413. The second kappa shape index (κ2) is 7.28. The van der Waals surface area contributed by atoms with Crippen LogP contribution in [0.3, 0.4) is 0 Å². The van der Waals surface area contributed by atoms with E-state index >= 15 is 0 Å². The van der Waals surface area contributed by atoms with Crippen LogP contribution >= 0.6 is 11.8 Å². The van der Waals surface area contributed by atoms with E-state index in [-0.39, 0.29) is 0 Å². The first kappa shape index (κ1) is 14.1. The summed E-state index contributed by atoms with van der Waals surface area (Å²) in [6.07, 6.45) is 2.51. The van der Waals surface area contributed by atoms with Crippen molar-refractivity contribution in [1.82, 2.24) is 0 Å². The van der Waals surface area contributed by atoms with Crippen molar-refractivity contribution < 1.29 is 4.74 Å². The van der Waals surface area contributed by atoms with Crippen LogP contribution in [-0.4, -0.2) is 31.1 Å². The molecule has 4 nitrogen and oxygen atoms in total. The molecule has 0 bridgehead atoms. The number of hydrogen-bond donors (Lipinski definition) is 2. The number of thioether (sulfide) groups is 1. The van der Waals surface area contributed by atoms with E-state index in [1.165, 1.54) is 24.3 Å². The van der Waals surface area contributed by atoms with E-state index in [0.29, 0.717) is 11.9 Å². The second-order valence-corrected chi connectivity index (χ2v) is 5.86. The van der Waals surface area contributed by atoms with Crippen molar-refractivity contribution in [2.75, 3.05) is 30.5 Å². The average molecular weight is 279 g/mol. The molecule has 5 heteroatoms. The minimum Gasteiger partial charge on any atom is -0.497 e. The number of nitrogens with two attached hydrogens (primary N) is 1. The van der Waals surface area contributed by atoms with Gasteiger partial charge in [-0.15, -0.1) is 0 Å². The Morgan fingerprint density at radius 2 is 2.05 bits per heavy atom. The lowest BCUT2D eigenvalue weighted by molar-refractivity contribution is 0.415. The monoisotopic (exact) mass is 279 g/mol. The van der Waals surface area contributed by atoms with Gasteiger partial charge in [0.1, 0.15) is 5.75 Å². The lowest BCUT2D eigenvalue weighted by Gasteiger charge is -2.19. The molecule has 2 rings (SSSR count). The molecular weight excluding hydrogens is 258 g/mol. The van der Waals surface area contributed by atoms with Crippen molar-refractivity contribution in [3.63, 3.8) is 0 Å². The highest BCUT2D eigenvalue weighted by atomic mass is 32.2. The molecule has 1 heterocycles. The van der Waals surface area contributed by atoms with Gasteiger partial charge in [-0.25, -0.2) is 0 Å². The molecule has 0 aliphatic carbocycles. The maximum absolute atomic E-state index is 5.90. The first-order chi connectivity index (χ1) is 9.28. The van der Waals surface area contributed by atoms with Crippen LogP contribution in [0.2, 0.25) is 0 Å². The minimum atomic E-state index is 0.489. The molecule has 0 atom stereocenters. The summed E-state index contributed by atoms with van der Waals surface area (Å²) in [6, 6.07) is 7.65. The number of hydrogen-bond acceptors (Lipinski definition) is 3. The van der Waals surface area contributed by atoms with Crippen LogP contribution in [0.5, 0.6) is 5.75 Å². The van der Waals surface area contributed by atoms with Crippen LogP contribution in [0.15, 0.2) is 29.3 Å². The van der Waals surface area contributed by atoms with Gasteiger partial charge in [-0.05, 0) is 54.5 Å². The fourth-order valence-corrected chi connectivity index (χ4v) is 3.22. The van der Waals surface area contributed by atoms with Gasteiger partial charge in [0.2, 0.25) is 0 Å². The first-order valence-electron chi connectivity index (χ1n) is 6.56. The van der Waals surface area contributed by atoms with Crippen molar-refractivity contribution >= 4 is 23.4 Å². The lowest BCUT2D eigenvalue weighted by atomic mass is 10.0. The number of ether oxygens (including phenoxy) is 1. The van der Waals surface area contributed by atoms with Crippen molar-refractivity contribution in [2.45, 2.75) is 12.8 Å². The van der Waals surface area contributed by atoms with Gasteiger partial charge in [-0.1, -0.05) is 0 Å². The molecule has 1 aliphatic heterocycles. The van der Waals surface area contributed by atoms with E-state index in [0.717, 1.165) is 18.0 Å². The summed E-state index contributed by atoms with van der Waals surface area (Å²) < 4.78 is 5.11. The fraction of sp³-hybridized carbons (Fsp3) is 0.500. The SMILES string of the molecule is COc1ccc(NC(N)=NCC2CCSCC2)cc1. The van der Waals surface area contributed by atoms with Crippen LogP contribution in [0.25, 0.3) is 0 Å². The average Bonchev–Trinajstić information content (AvgIpc) is 2.47. The highest BCUT2D eigenvalue weighted by Gasteiger charge is 2.12. The van der Waals surface area contributed by atoms with Crippen LogP contribution in [0.4, 0.5) is 5.69 Å². The van der Waals surface area contributed by atoms with Gasteiger partial charge >= 0.3 is 0 Å². The predicted molar refractivity (Wildman–Crippen MR) is 83.2 cm³/mol. The number of rotatable bonds is 4. The maximum Gasteiger partial charge on any atom is 0.193 e. The molecule has 0 aromatic heterocycles. The van der Waals surface area contributed by atoms with Gasteiger partial charge in [0.25, 0.3) is 0 Å². The summed E-state index contributed by atoms with van der Waals surface area (Å²) in [5.41, 5.74) is 6.83. The number of nitrogens with one attached hydrogen (secondary N) is 1. The number of aliphatic imine (C=N–C) groups is 1. The molecule has 1 aliphatic rings. The third-order valence-electron chi connectivity index (χ3n) is 3.22. The fourth-order valence-electron chi connectivity index (χ4n) is 2.02. The number of anilines is 1. The summed E-state index contributed by atoms with van der Waals surface area (Å²) >= 11 is 2.03. The second-order valence-electron chi connectivity index (χ2n) is 4.64. The molecule has 0 spiro atoms. The van der Waals surface area contributed by atoms with Gasteiger partial charge in [-0.3, -0.25) is 4.99 Å². The molecular formula is C14H21N3OS. The largest absolute Gasteiger partial charge is 0.497 e. The Kier molecular flexibility index (Phi) is 5.39. The highest BCUT2D eigenvalue weighted by molar-refractivity contribution is 7.99. The lowest BCUT2D eigenvalue weighted by Crippen LogP contribution is -2.24. The molecule has 1 saturated heterocycles. The van der Waals surface area contributed by atoms with Crippen molar-refractivity contribution in [3.05, 3.63) is 24.3 Å². The van der Waals surface area contributed by atoms with Crippen LogP contribution in [0, 0.1) is 5.92 Å². The summed E-state index contributed by atoms with van der Waals surface area (Å²) in [7, 11) is 1.65. The Morgan fingerprint density at radius 3 is 2.68 bits per heavy atom. The van der Waals surface area contributed by atoms with Crippen LogP contribution in [-0.2, 0) is 0 Å². The van der Waals surface area contributed by atoms with E-state index in [1.54, 1.807) is 7.11 Å². The van der Waals surface area contributed by atoms with Gasteiger partial charge in [0.15, 0.2) is 5.96 Å². The third kappa shape index (κ3) is 4.67. The number of methoxy groups -OCH3 is 1. The Balaban J connectivity index is 1.82. The summed E-state index contributed by atoms with van der Waals surface area (Å²) in [5, 5.41) is 3.10. The molecule has 0 unspecified atom stereocenters. The normalized spacial score (nSPS) is 17.2. The molecule has 3 N–H and O–H groups in total. The quantitative estimate of drug-likeness (QED) is 0.657. The molecule has 19 heavy (non-hydrogen) atoms. The van der Waals surface area contributed by atoms with Gasteiger partial charge in [0.05, 0.1) is 7.11 Å². The standard InChI is InChI=1S/C14H21N3OS/c1-18-13-4-2-12(3-5-13)17-14(15)16-10-11-6-8-19-9-7-11/h2-5,11H,6-10H2,1H3,(H3,15,16,17). The molecule has 1 aromatic carbocycles. The highest BCUT2D eigenvalue weighted by Crippen LogP contribution is 2.22. The zero-order valence-corrected chi connectivity index (χ0v) is 12.1. The molecule has 1 aromatic rings. The van der Waals surface area contributed by atoms with E-state index in [2.05, 4.69) is 10.3 Å². The van der Waals surface area contributed by atoms with Gasteiger partial charge in [0, 0.05) is 12.2 Å². The molecule has 1 fully saturated rings.